The summed E-state index contributed by atoms with van der Waals surface area (Å²) >= 11 is 0. The average Bonchev–Trinajstić information content (AvgIpc) is 3.26. The first-order chi connectivity index (χ1) is 17.7. The molecule has 2 aromatic carbocycles. The number of esters is 1. The number of methoxy groups -OCH3 is 1. The fraction of sp³-hybridized carbons (Fsp3) is 0.357. The Morgan fingerprint density at radius 1 is 1.03 bits per heavy atom. The van der Waals surface area contributed by atoms with Gasteiger partial charge in [0.25, 0.3) is 5.91 Å². The van der Waals surface area contributed by atoms with Gasteiger partial charge in [-0.1, -0.05) is 19.9 Å². The van der Waals surface area contributed by atoms with E-state index in [1.54, 1.807) is 30.3 Å². The summed E-state index contributed by atoms with van der Waals surface area (Å²) in [5.74, 6) is 0.0463. The molecule has 0 aliphatic rings. The molecule has 198 valence electrons. The van der Waals surface area contributed by atoms with Crippen LogP contribution in [-0.4, -0.2) is 48.8 Å². The summed E-state index contributed by atoms with van der Waals surface area (Å²) < 4.78 is 10.1. The lowest BCUT2D eigenvalue weighted by Crippen LogP contribution is -2.36. The summed E-state index contributed by atoms with van der Waals surface area (Å²) in [6, 6.07) is 13.4. The summed E-state index contributed by atoms with van der Waals surface area (Å²) in [5, 5.41) is 3.39. The zero-order valence-corrected chi connectivity index (χ0v) is 22.2. The first kappa shape index (κ1) is 29.1. The summed E-state index contributed by atoms with van der Waals surface area (Å²) in [7, 11) is 1.28. The number of hydrogen-bond acceptors (Lipinski definition) is 6. The number of rotatable bonds is 8. The number of hydrogen-bond donors (Lipinski definition) is 2. The molecule has 0 aliphatic carbocycles. The van der Waals surface area contributed by atoms with Crippen molar-refractivity contribution in [3.05, 3.63) is 65.4 Å². The predicted octanol–water partition coefficient (Wildman–Crippen LogP) is 4.95. The molecular weight excluding hydrogens is 472 g/mol. The summed E-state index contributed by atoms with van der Waals surface area (Å²) in [6.45, 7) is 9.80. The molecule has 0 spiro atoms. The number of nitrogens with two attached hydrogens (primary N) is 1. The van der Waals surface area contributed by atoms with Crippen LogP contribution in [0.3, 0.4) is 0 Å². The van der Waals surface area contributed by atoms with Gasteiger partial charge in [-0.05, 0) is 69.2 Å². The number of amides is 2. The highest BCUT2D eigenvalue weighted by Crippen LogP contribution is 2.24. The lowest BCUT2D eigenvalue weighted by atomic mass is 10.1. The van der Waals surface area contributed by atoms with Crippen LogP contribution in [0.1, 0.15) is 66.5 Å². The van der Waals surface area contributed by atoms with Gasteiger partial charge in [0.15, 0.2) is 0 Å². The van der Waals surface area contributed by atoms with Crippen molar-refractivity contribution in [3.8, 4) is 0 Å². The minimum Gasteiger partial charge on any atom is -0.465 e. The topological polar surface area (TPSA) is 127 Å². The van der Waals surface area contributed by atoms with Gasteiger partial charge in [-0.25, -0.2) is 9.79 Å². The molecule has 3 rings (SSSR count). The maximum Gasteiger partial charge on any atom is 0.337 e. The third-order valence-corrected chi connectivity index (χ3v) is 5.35. The molecule has 9 nitrogen and oxygen atoms in total. The fourth-order valence-electron chi connectivity index (χ4n) is 3.59. The summed E-state index contributed by atoms with van der Waals surface area (Å²) in [6.07, 6.45) is 2.72. The first-order valence-electron chi connectivity index (χ1n) is 12.3. The number of nitrogens with zero attached hydrogens (tertiary/aromatic N) is 2. The van der Waals surface area contributed by atoms with Crippen molar-refractivity contribution in [3.63, 3.8) is 0 Å². The van der Waals surface area contributed by atoms with Gasteiger partial charge in [0.05, 0.1) is 18.4 Å². The van der Waals surface area contributed by atoms with Crippen molar-refractivity contribution in [2.75, 3.05) is 20.2 Å². The highest BCUT2D eigenvalue weighted by atomic mass is 16.5. The van der Waals surface area contributed by atoms with Crippen LogP contribution < -0.4 is 11.1 Å². The lowest BCUT2D eigenvalue weighted by Gasteiger charge is -2.19. The van der Waals surface area contributed by atoms with Crippen LogP contribution in [0, 0.1) is 6.92 Å². The van der Waals surface area contributed by atoms with Crippen LogP contribution in [0.4, 0.5) is 5.69 Å². The van der Waals surface area contributed by atoms with Crippen LogP contribution in [-0.2, 0) is 9.53 Å². The Balaban J connectivity index is 0.000000371. The van der Waals surface area contributed by atoms with Crippen molar-refractivity contribution in [1.82, 2.24) is 10.2 Å². The molecule has 3 N–H and O–H groups in total. The molecule has 0 atom stereocenters. The maximum atomic E-state index is 12.3. The molecule has 1 aromatic heterocycles. The van der Waals surface area contributed by atoms with Gasteiger partial charge < -0.3 is 19.8 Å². The molecule has 0 radical (unpaired) electrons. The van der Waals surface area contributed by atoms with Gasteiger partial charge in [-0.2, -0.15) is 0 Å². The number of benzene rings is 2. The predicted molar refractivity (Wildman–Crippen MR) is 145 cm³/mol. The molecule has 0 unspecified atom stereocenters. The smallest absolute Gasteiger partial charge is 0.337 e. The van der Waals surface area contributed by atoms with Crippen LogP contribution in [0.5, 0.6) is 0 Å². The second kappa shape index (κ2) is 14.4. The zero-order chi connectivity index (χ0) is 27.4. The Morgan fingerprint density at radius 2 is 1.76 bits per heavy atom. The van der Waals surface area contributed by atoms with Crippen LogP contribution in [0.15, 0.2) is 57.9 Å². The Morgan fingerprint density at radius 3 is 2.41 bits per heavy atom. The zero-order valence-electron chi connectivity index (χ0n) is 22.2. The molecule has 0 saturated heterocycles. The van der Waals surface area contributed by atoms with Gasteiger partial charge in [-0.15, -0.1) is 0 Å². The summed E-state index contributed by atoms with van der Waals surface area (Å²) in [4.78, 5) is 41.2. The van der Waals surface area contributed by atoms with Crippen molar-refractivity contribution in [2.24, 2.45) is 10.7 Å². The normalized spacial score (nSPS) is 10.9. The van der Waals surface area contributed by atoms with Gasteiger partial charge in [0.1, 0.15) is 11.3 Å². The van der Waals surface area contributed by atoms with Gasteiger partial charge >= 0.3 is 5.97 Å². The van der Waals surface area contributed by atoms with Crippen molar-refractivity contribution in [1.29, 1.82) is 0 Å². The Kier molecular flexibility index (Phi) is 11.3. The fourth-order valence-corrected chi connectivity index (χ4v) is 3.59. The first-order valence-corrected chi connectivity index (χ1v) is 12.3. The van der Waals surface area contributed by atoms with Crippen molar-refractivity contribution < 1.29 is 23.5 Å². The largest absolute Gasteiger partial charge is 0.465 e. The number of carbonyl (C=O) groups excluding carboxylic acids is 3. The van der Waals surface area contributed by atoms with Gasteiger partial charge in [-0.3, -0.25) is 14.9 Å². The molecule has 2 amide bonds. The van der Waals surface area contributed by atoms with E-state index in [1.807, 2.05) is 37.8 Å². The molecule has 0 aliphatic heterocycles. The highest BCUT2D eigenvalue weighted by molar-refractivity contribution is 6.06. The number of aliphatic imine (C=N–C) groups is 1. The Labute approximate surface area is 217 Å². The standard InChI is InChI=1S/C19H17N3O4.C9H19NO/c1-11-8-14-10-15(6-7-16(14)26-11)21-19(20)22-17(23)12-4-3-5-13(9-12)18(24)25-2;1-4-7-9(11)10(6-3)8-5-2/h3-10H,1-2H3,(H3,20,21,22,23);4-8H2,1-3H3. The molecule has 0 saturated carbocycles. The lowest BCUT2D eigenvalue weighted by molar-refractivity contribution is -0.131. The Bertz CT molecular complexity index is 1250. The molecule has 9 heteroatoms. The number of guanidine groups is 1. The number of nitrogens with one attached hydrogen (secondary N) is 1. The molecule has 37 heavy (non-hydrogen) atoms. The van der Waals surface area contributed by atoms with Gasteiger partial charge in [0.2, 0.25) is 11.9 Å². The second-order valence-electron chi connectivity index (χ2n) is 8.33. The van der Waals surface area contributed by atoms with Crippen LogP contribution in [0.2, 0.25) is 0 Å². The van der Waals surface area contributed by atoms with Gasteiger partial charge in [0, 0.05) is 30.5 Å². The molecule has 1 heterocycles. The number of fused-ring (bicyclic) bond motifs is 1. The van der Waals surface area contributed by atoms with E-state index in [-0.39, 0.29) is 17.1 Å². The second-order valence-corrected chi connectivity index (χ2v) is 8.33. The minimum atomic E-state index is -0.523. The maximum absolute atomic E-state index is 12.3. The van der Waals surface area contributed by atoms with E-state index < -0.39 is 11.9 Å². The van der Waals surface area contributed by atoms with E-state index in [4.69, 9.17) is 10.2 Å². The highest BCUT2D eigenvalue weighted by Gasteiger charge is 2.12. The summed E-state index contributed by atoms with van der Waals surface area (Å²) in [5.41, 5.74) is 7.70. The van der Waals surface area contributed by atoms with E-state index in [0.29, 0.717) is 18.0 Å². The van der Waals surface area contributed by atoms with E-state index in [1.165, 1.54) is 13.2 Å². The quantitative estimate of drug-likeness (QED) is 0.252. The minimum absolute atomic E-state index is 0.0574. The third kappa shape index (κ3) is 8.79. The van der Waals surface area contributed by atoms with Crippen LogP contribution in [0.25, 0.3) is 11.0 Å². The number of aryl methyl sites for hydroxylation is 1. The van der Waals surface area contributed by atoms with Crippen molar-refractivity contribution >= 4 is 40.4 Å². The van der Waals surface area contributed by atoms with E-state index in [2.05, 4.69) is 22.0 Å². The van der Waals surface area contributed by atoms with E-state index >= 15 is 0 Å². The monoisotopic (exact) mass is 508 g/mol. The number of furan rings is 1. The Hall–Kier alpha value is -4.14. The third-order valence-electron chi connectivity index (χ3n) is 5.35. The molecule has 3 aromatic rings. The van der Waals surface area contributed by atoms with Crippen LogP contribution >= 0.6 is 0 Å². The number of ether oxygens (including phenoxy) is 1. The van der Waals surface area contributed by atoms with E-state index in [9.17, 15) is 14.4 Å². The molecule has 0 bridgehead atoms. The SMILES string of the molecule is CCCC(=O)N(CC)CCC.COC(=O)c1cccc(C(=O)NC(N)=Nc2ccc3oc(C)cc3c2)c1. The van der Waals surface area contributed by atoms with E-state index in [0.717, 1.165) is 42.7 Å². The average molecular weight is 509 g/mol. The molecular formula is C28H36N4O5. The molecule has 0 fully saturated rings. The van der Waals surface area contributed by atoms with Crippen molar-refractivity contribution in [2.45, 2.75) is 47.0 Å². The number of carbonyl (C=O) groups is 3.